The number of urea groups is 1. The largest absolute Gasteiger partial charge is 0.337 e. The molecule has 4 aromatic rings. The molecule has 0 fully saturated rings. The predicted octanol–water partition coefficient (Wildman–Crippen LogP) is 4.86. The molecule has 1 heterocycles. The normalized spacial score (nSPS) is 10.8. The molecule has 0 unspecified atom stereocenters. The summed E-state index contributed by atoms with van der Waals surface area (Å²) in [6.45, 7) is 2.23. The molecule has 1 N–H and O–H groups in total. The Bertz CT molecular complexity index is 1130. The van der Waals surface area contributed by atoms with E-state index < -0.39 is 0 Å². The number of hydrogen-bond acceptors (Lipinski definition) is 4. The third kappa shape index (κ3) is 3.71. The lowest BCUT2D eigenvalue weighted by atomic mass is 10.1. The van der Waals surface area contributed by atoms with Crippen LogP contribution in [-0.2, 0) is 6.54 Å². The van der Waals surface area contributed by atoms with Crippen LogP contribution < -0.4 is 5.32 Å². The Balaban J connectivity index is 1.46. The van der Waals surface area contributed by atoms with Crippen LogP contribution in [0.25, 0.3) is 22.2 Å². The van der Waals surface area contributed by atoms with Gasteiger partial charge >= 0.3 is 6.03 Å². The number of aryl methyl sites for hydroxylation is 1. The molecule has 0 spiro atoms. The Morgan fingerprint density at radius 2 is 1.86 bits per heavy atom. The lowest BCUT2D eigenvalue weighted by Crippen LogP contribution is -2.31. The molecule has 0 radical (unpaired) electrons. The van der Waals surface area contributed by atoms with Crippen molar-refractivity contribution >= 4 is 22.5 Å². The van der Waals surface area contributed by atoms with E-state index in [9.17, 15) is 4.79 Å². The van der Waals surface area contributed by atoms with Crippen molar-refractivity contribution in [3.8, 4) is 11.4 Å². The quantitative estimate of drug-likeness (QED) is 0.555. The zero-order chi connectivity index (χ0) is 19.5. The van der Waals surface area contributed by atoms with Crippen LogP contribution in [-0.4, -0.2) is 28.1 Å². The Hall–Kier alpha value is -3.67. The van der Waals surface area contributed by atoms with E-state index in [1.807, 2.05) is 73.7 Å². The fraction of sp³-hybridized carbons (Fsp3) is 0.136. The molecule has 0 saturated carbocycles. The van der Waals surface area contributed by atoms with Gasteiger partial charge in [-0.05, 0) is 24.4 Å². The average Bonchev–Trinajstić information content (AvgIpc) is 3.17. The van der Waals surface area contributed by atoms with Gasteiger partial charge in [-0.2, -0.15) is 4.98 Å². The van der Waals surface area contributed by atoms with Crippen LogP contribution in [0.15, 0.2) is 71.3 Å². The number of amides is 2. The van der Waals surface area contributed by atoms with Gasteiger partial charge in [0.2, 0.25) is 11.7 Å². The van der Waals surface area contributed by atoms with Crippen LogP contribution in [0.3, 0.4) is 0 Å². The first-order valence-corrected chi connectivity index (χ1v) is 8.99. The van der Waals surface area contributed by atoms with Crippen LogP contribution >= 0.6 is 0 Å². The van der Waals surface area contributed by atoms with Gasteiger partial charge in [0.25, 0.3) is 0 Å². The first kappa shape index (κ1) is 17.7. The Morgan fingerprint density at radius 1 is 1.07 bits per heavy atom. The van der Waals surface area contributed by atoms with Gasteiger partial charge in [-0.15, -0.1) is 0 Å². The first-order valence-electron chi connectivity index (χ1n) is 8.99. The molecule has 0 aliphatic carbocycles. The summed E-state index contributed by atoms with van der Waals surface area (Å²) in [5.41, 5.74) is 2.77. The molecule has 6 heteroatoms. The summed E-state index contributed by atoms with van der Waals surface area (Å²) < 4.78 is 5.32. The zero-order valence-corrected chi connectivity index (χ0v) is 15.7. The smallest absolute Gasteiger partial charge is 0.322 e. The van der Waals surface area contributed by atoms with E-state index in [1.54, 1.807) is 7.05 Å². The van der Waals surface area contributed by atoms with Crippen LogP contribution in [0.5, 0.6) is 0 Å². The second-order valence-corrected chi connectivity index (χ2v) is 6.69. The molecule has 0 aliphatic heterocycles. The number of hydrogen-bond donors (Lipinski definition) is 1. The zero-order valence-electron chi connectivity index (χ0n) is 15.7. The van der Waals surface area contributed by atoms with E-state index in [-0.39, 0.29) is 12.6 Å². The summed E-state index contributed by atoms with van der Waals surface area (Å²) in [7, 11) is 1.69. The third-order valence-corrected chi connectivity index (χ3v) is 4.49. The highest BCUT2D eigenvalue weighted by atomic mass is 16.5. The highest BCUT2D eigenvalue weighted by Gasteiger charge is 2.15. The fourth-order valence-electron chi connectivity index (χ4n) is 3.04. The summed E-state index contributed by atoms with van der Waals surface area (Å²) in [5, 5.41) is 9.03. The number of carbonyl (C=O) groups excluding carboxylic acids is 1. The second kappa shape index (κ2) is 7.52. The lowest BCUT2D eigenvalue weighted by Gasteiger charge is -2.16. The Labute approximate surface area is 162 Å². The maximum atomic E-state index is 12.6. The molecule has 3 aromatic carbocycles. The van der Waals surface area contributed by atoms with Crippen LogP contribution in [0.2, 0.25) is 0 Å². The van der Waals surface area contributed by atoms with Crippen LogP contribution in [0.1, 0.15) is 11.5 Å². The second-order valence-electron chi connectivity index (χ2n) is 6.69. The minimum Gasteiger partial charge on any atom is -0.337 e. The van der Waals surface area contributed by atoms with E-state index in [2.05, 4.69) is 15.5 Å². The van der Waals surface area contributed by atoms with E-state index in [0.29, 0.717) is 11.7 Å². The van der Waals surface area contributed by atoms with Crippen molar-refractivity contribution in [3.05, 3.63) is 78.2 Å². The van der Waals surface area contributed by atoms with Crippen molar-refractivity contribution in [2.24, 2.45) is 0 Å². The number of fused-ring (bicyclic) bond motifs is 1. The number of nitrogens with zero attached hydrogens (tertiary/aromatic N) is 3. The first-order chi connectivity index (χ1) is 13.6. The maximum absolute atomic E-state index is 12.6. The number of benzene rings is 3. The molecule has 2 amide bonds. The van der Waals surface area contributed by atoms with Crippen molar-refractivity contribution in [1.82, 2.24) is 15.0 Å². The monoisotopic (exact) mass is 372 g/mol. The Kier molecular flexibility index (Phi) is 4.76. The van der Waals surface area contributed by atoms with Gasteiger partial charge in [0, 0.05) is 18.0 Å². The van der Waals surface area contributed by atoms with E-state index in [4.69, 9.17) is 4.52 Å². The molecule has 6 nitrogen and oxygen atoms in total. The van der Waals surface area contributed by atoms with Crippen molar-refractivity contribution in [1.29, 1.82) is 0 Å². The molecular weight excluding hydrogens is 352 g/mol. The average molecular weight is 372 g/mol. The molecule has 4 rings (SSSR count). The van der Waals surface area contributed by atoms with Gasteiger partial charge in [-0.25, -0.2) is 4.79 Å². The molecule has 140 valence electrons. The third-order valence-electron chi connectivity index (χ3n) is 4.49. The molecule has 0 saturated heterocycles. The standard InChI is InChI=1S/C22H20N4O2/c1-15-7-5-10-17(13-15)21-24-20(28-25-21)14-26(2)22(27)23-19-12-6-9-16-8-3-4-11-18(16)19/h3-13H,14H2,1-2H3,(H,23,27). The van der Waals surface area contributed by atoms with Gasteiger partial charge in [-0.3, -0.25) is 0 Å². The van der Waals surface area contributed by atoms with Crippen LogP contribution in [0, 0.1) is 6.92 Å². The van der Waals surface area contributed by atoms with Crippen molar-refractivity contribution < 1.29 is 9.32 Å². The number of nitrogens with one attached hydrogen (secondary N) is 1. The number of anilines is 1. The molecule has 0 atom stereocenters. The minimum atomic E-state index is -0.244. The maximum Gasteiger partial charge on any atom is 0.322 e. The SMILES string of the molecule is Cc1cccc(-c2noc(CN(C)C(=O)Nc3cccc4ccccc34)n2)c1. The lowest BCUT2D eigenvalue weighted by molar-refractivity contribution is 0.213. The van der Waals surface area contributed by atoms with Gasteiger partial charge in [0.05, 0.1) is 5.69 Å². The summed E-state index contributed by atoms with van der Waals surface area (Å²) in [4.78, 5) is 18.5. The van der Waals surface area contributed by atoms with E-state index in [0.717, 1.165) is 27.6 Å². The number of carbonyl (C=O) groups is 1. The minimum absolute atomic E-state index is 0.218. The number of rotatable bonds is 4. The van der Waals surface area contributed by atoms with Gasteiger partial charge < -0.3 is 14.7 Å². The molecule has 0 bridgehead atoms. The van der Waals surface area contributed by atoms with Gasteiger partial charge in [0.1, 0.15) is 6.54 Å². The van der Waals surface area contributed by atoms with Crippen LogP contribution in [0.4, 0.5) is 10.5 Å². The van der Waals surface area contributed by atoms with Crippen molar-refractivity contribution in [3.63, 3.8) is 0 Å². The van der Waals surface area contributed by atoms with Crippen molar-refractivity contribution in [2.45, 2.75) is 13.5 Å². The predicted molar refractivity (Wildman–Crippen MR) is 109 cm³/mol. The van der Waals surface area contributed by atoms with E-state index >= 15 is 0 Å². The molecule has 28 heavy (non-hydrogen) atoms. The summed E-state index contributed by atoms with van der Waals surface area (Å²) >= 11 is 0. The highest BCUT2D eigenvalue weighted by Crippen LogP contribution is 2.23. The van der Waals surface area contributed by atoms with E-state index in [1.165, 1.54) is 4.90 Å². The molecular formula is C22H20N4O2. The summed E-state index contributed by atoms with van der Waals surface area (Å²) in [6, 6.07) is 21.4. The summed E-state index contributed by atoms with van der Waals surface area (Å²) in [5.74, 6) is 0.897. The topological polar surface area (TPSA) is 71.3 Å². The van der Waals surface area contributed by atoms with Gasteiger partial charge in [0.15, 0.2) is 0 Å². The molecule has 0 aliphatic rings. The fourth-order valence-corrected chi connectivity index (χ4v) is 3.04. The highest BCUT2D eigenvalue weighted by molar-refractivity contribution is 6.01. The molecule has 1 aromatic heterocycles. The Morgan fingerprint density at radius 3 is 2.71 bits per heavy atom. The van der Waals surface area contributed by atoms with Crippen molar-refractivity contribution in [2.75, 3.05) is 12.4 Å². The summed E-state index contributed by atoms with van der Waals surface area (Å²) in [6.07, 6.45) is 0. The number of aromatic nitrogens is 2. The van der Waals surface area contributed by atoms with Gasteiger partial charge in [-0.1, -0.05) is 65.3 Å².